The second-order valence-corrected chi connectivity index (χ2v) is 4.61. The van der Waals surface area contributed by atoms with E-state index in [2.05, 4.69) is 16.4 Å². The molecule has 1 aromatic rings. The number of hydrogen-bond donors (Lipinski definition) is 2. The number of H-pyrrole nitrogens is 1. The normalized spacial score (nSPS) is 16.6. The predicted octanol–water partition coefficient (Wildman–Crippen LogP) is 1.12. The monoisotopic (exact) mass is 261 g/mol. The number of nitrogens with one attached hydrogen (secondary N) is 2. The van der Waals surface area contributed by atoms with Gasteiger partial charge in [0.2, 0.25) is 0 Å². The highest BCUT2D eigenvalue weighted by Crippen LogP contribution is 2.28. The highest BCUT2D eigenvalue weighted by atomic mass is 16.5. The van der Waals surface area contributed by atoms with Gasteiger partial charge in [-0.15, -0.1) is 0 Å². The van der Waals surface area contributed by atoms with E-state index in [1.165, 1.54) is 0 Å². The van der Waals surface area contributed by atoms with Gasteiger partial charge >= 0.3 is 5.97 Å². The van der Waals surface area contributed by atoms with E-state index in [4.69, 9.17) is 10.00 Å². The number of rotatable bonds is 4. The van der Waals surface area contributed by atoms with Crippen molar-refractivity contribution >= 4 is 11.9 Å². The summed E-state index contributed by atoms with van der Waals surface area (Å²) in [4.78, 5) is 25.9. The van der Waals surface area contributed by atoms with Crippen molar-refractivity contribution in [3.63, 3.8) is 0 Å². The summed E-state index contributed by atoms with van der Waals surface area (Å²) in [6.45, 7) is -0.374. The van der Waals surface area contributed by atoms with Crippen molar-refractivity contribution in [2.45, 2.75) is 31.2 Å². The van der Waals surface area contributed by atoms with Crippen molar-refractivity contribution in [1.29, 1.82) is 5.26 Å². The molecular formula is C13H15N3O3. The van der Waals surface area contributed by atoms with Crippen LogP contribution < -0.4 is 5.32 Å². The summed E-state index contributed by atoms with van der Waals surface area (Å²) in [6.07, 6.45) is 4.76. The number of nitrogens with zero attached hydrogens (tertiary/aromatic N) is 1. The van der Waals surface area contributed by atoms with Gasteiger partial charge in [-0.2, -0.15) is 5.26 Å². The van der Waals surface area contributed by atoms with Gasteiger partial charge in [0.1, 0.15) is 11.2 Å². The van der Waals surface area contributed by atoms with Gasteiger partial charge in [0.25, 0.3) is 5.91 Å². The quantitative estimate of drug-likeness (QED) is 0.794. The summed E-state index contributed by atoms with van der Waals surface area (Å²) < 4.78 is 4.86. The summed E-state index contributed by atoms with van der Waals surface area (Å²) in [5.74, 6) is -1.03. The number of carbonyl (C=O) groups is 2. The van der Waals surface area contributed by atoms with Crippen molar-refractivity contribution in [2.24, 2.45) is 0 Å². The molecular weight excluding hydrogens is 246 g/mol. The summed E-state index contributed by atoms with van der Waals surface area (Å²) in [5.41, 5.74) is -0.487. The first kappa shape index (κ1) is 13.1. The lowest BCUT2D eigenvalue weighted by atomic mass is 10.00. The lowest BCUT2D eigenvalue weighted by Crippen LogP contribution is -2.46. The van der Waals surface area contributed by atoms with E-state index in [1.54, 1.807) is 18.3 Å². The molecule has 6 heteroatoms. The minimum absolute atomic E-state index is 0.295. The molecule has 0 saturated heterocycles. The van der Waals surface area contributed by atoms with E-state index < -0.39 is 17.4 Å². The first-order chi connectivity index (χ1) is 9.15. The molecule has 6 nitrogen and oxygen atoms in total. The van der Waals surface area contributed by atoms with Gasteiger partial charge in [-0.25, -0.2) is 4.79 Å². The number of esters is 1. The van der Waals surface area contributed by atoms with E-state index in [9.17, 15) is 9.59 Å². The lowest BCUT2D eigenvalue weighted by molar-refractivity contribution is -0.125. The minimum Gasteiger partial charge on any atom is -0.451 e. The molecule has 1 aliphatic carbocycles. The van der Waals surface area contributed by atoms with Crippen LogP contribution in [0.4, 0.5) is 0 Å². The Labute approximate surface area is 110 Å². The van der Waals surface area contributed by atoms with Crippen LogP contribution in [0, 0.1) is 11.3 Å². The van der Waals surface area contributed by atoms with Crippen LogP contribution in [0.15, 0.2) is 18.3 Å². The van der Waals surface area contributed by atoms with Crippen molar-refractivity contribution in [3.8, 4) is 6.07 Å². The van der Waals surface area contributed by atoms with Crippen LogP contribution in [0.25, 0.3) is 0 Å². The van der Waals surface area contributed by atoms with Gasteiger partial charge in [0.15, 0.2) is 6.61 Å². The largest absolute Gasteiger partial charge is 0.451 e. The van der Waals surface area contributed by atoms with Crippen molar-refractivity contribution in [1.82, 2.24) is 10.3 Å². The molecule has 1 amide bonds. The van der Waals surface area contributed by atoms with Crippen molar-refractivity contribution in [3.05, 3.63) is 24.0 Å². The fraction of sp³-hybridized carbons (Fsp3) is 0.462. The van der Waals surface area contributed by atoms with Gasteiger partial charge in [-0.3, -0.25) is 4.79 Å². The van der Waals surface area contributed by atoms with Crippen LogP contribution in [-0.4, -0.2) is 29.0 Å². The molecule has 1 aromatic heterocycles. The van der Waals surface area contributed by atoms with Crippen LogP contribution >= 0.6 is 0 Å². The second-order valence-electron chi connectivity index (χ2n) is 4.61. The topological polar surface area (TPSA) is 95.0 Å². The van der Waals surface area contributed by atoms with Gasteiger partial charge in [0, 0.05) is 6.20 Å². The van der Waals surface area contributed by atoms with E-state index in [0.717, 1.165) is 12.8 Å². The average molecular weight is 261 g/mol. The maximum absolute atomic E-state index is 11.7. The van der Waals surface area contributed by atoms with Crippen LogP contribution in [0.3, 0.4) is 0 Å². The maximum atomic E-state index is 11.7. The van der Waals surface area contributed by atoms with Gasteiger partial charge in [0.05, 0.1) is 6.07 Å². The first-order valence-electron chi connectivity index (χ1n) is 6.18. The van der Waals surface area contributed by atoms with Crippen LogP contribution in [0.1, 0.15) is 36.2 Å². The molecule has 0 radical (unpaired) electrons. The summed E-state index contributed by atoms with van der Waals surface area (Å²) in [6, 6.07) is 5.37. The van der Waals surface area contributed by atoms with Crippen LogP contribution in [0.2, 0.25) is 0 Å². The van der Waals surface area contributed by atoms with E-state index in [1.807, 2.05) is 0 Å². The zero-order valence-electron chi connectivity index (χ0n) is 10.4. The third-order valence-electron chi connectivity index (χ3n) is 3.20. The minimum atomic E-state index is -0.782. The first-order valence-corrected chi connectivity index (χ1v) is 6.18. The Hall–Kier alpha value is -2.29. The molecule has 0 aliphatic heterocycles. The SMILES string of the molecule is N#CC1(NC(=O)COC(=O)c2ccc[nH]2)CCCC1. The zero-order chi connectivity index (χ0) is 13.7. The summed E-state index contributed by atoms with van der Waals surface area (Å²) in [5, 5.41) is 11.8. The van der Waals surface area contributed by atoms with E-state index in [0.29, 0.717) is 18.5 Å². The predicted molar refractivity (Wildman–Crippen MR) is 66.0 cm³/mol. The number of carbonyl (C=O) groups excluding carboxylic acids is 2. The Morgan fingerprint density at radius 3 is 2.79 bits per heavy atom. The molecule has 1 heterocycles. The number of nitriles is 1. The Bertz CT molecular complexity index is 496. The molecule has 0 atom stereocenters. The van der Waals surface area contributed by atoms with Crippen LogP contribution in [-0.2, 0) is 9.53 Å². The molecule has 19 heavy (non-hydrogen) atoms. The maximum Gasteiger partial charge on any atom is 0.355 e. The molecule has 0 aromatic carbocycles. The lowest BCUT2D eigenvalue weighted by Gasteiger charge is -2.21. The average Bonchev–Trinajstić information content (AvgIpc) is 3.07. The van der Waals surface area contributed by atoms with E-state index >= 15 is 0 Å². The molecule has 0 unspecified atom stereocenters. The highest BCUT2D eigenvalue weighted by Gasteiger charge is 2.35. The molecule has 100 valence electrons. The number of amides is 1. The molecule has 2 rings (SSSR count). The highest BCUT2D eigenvalue weighted by molar-refractivity contribution is 5.89. The molecule has 2 N–H and O–H groups in total. The molecule has 0 spiro atoms. The standard InChI is InChI=1S/C13H15N3O3/c14-9-13(5-1-2-6-13)16-11(17)8-19-12(18)10-4-3-7-15-10/h3-4,7,15H,1-2,5-6,8H2,(H,16,17). The molecule has 0 bridgehead atoms. The third kappa shape index (κ3) is 3.13. The van der Waals surface area contributed by atoms with Gasteiger partial charge in [-0.05, 0) is 37.8 Å². The van der Waals surface area contributed by atoms with Gasteiger partial charge < -0.3 is 15.0 Å². The van der Waals surface area contributed by atoms with Crippen molar-refractivity contribution in [2.75, 3.05) is 6.61 Å². The fourth-order valence-electron chi connectivity index (χ4n) is 2.21. The Morgan fingerprint density at radius 1 is 1.47 bits per heavy atom. The van der Waals surface area contributed by atoms with E-state index in [-0.39, 0.29) is 6.61 Å². The second kappa shape index (κ2) is 5.57. The molecule has 1 saturated carbocycles. The number of hydrogen-bond acceptors (Lipinski definition) is 4. The molecule has 1 fully saturated rings. The van der Waals surface area contributed by atoms with Gasteiger partial charge in [-0.1, -0.05) is 0 Å². The smallest absolute Gasteiger partial charge is 0.355 e. The Balaban J connectivity index is 1.82. The van der Waals surface area contributed by atoms with Crippen LogP contribution in [0.5, 0.6) is 0 Å². The number of aromatic amines is 1. The summed E-state index contributed by atoms with van der Waals surface area (Å²) >= 11 is 0. The van der Waals surface area contributed by atoms with Crippen molar-refractivity contribution < 1.29 is 14.3 Å². The fourth-order valence-corrected chi connectivity index (χ4v) is 2.21. The Kier molecular flexibility index (Phi) is 3.85. The third-order valence-corrected chi connectivity index (χ3v) is 3.20. The zero-order valence-corrected chi connectivity index (χ0v) is 10.4. The Morgan fingerprint density at radius 2 is 2.21 bits per heavy atom. The summed E-state index contributed by atoms with van der Waals surface area (Å²) in [7, 11) is 0. The number of ether oxygens (including phenoxy) is 1. The number of aromatic nitrogens is 1. The molecule has 1 aliphatic rings.